The number of hydrogen-bond donors (Lipinski definition) is 1. The highest BCUT2D eigenvalue weighted by Crippen LogP contribution is 2.23. The molecular formula is C16H23N3O2. The van der Waals surface area contributed by atoms with E-state index in [1.165, 1.54) is 0 Å². The van der Waals surface area contributed by atoms with Gasteiger partial charge in [0.25, 0.3) is 0 Å². The highest BCUT2D eigenvalue weighted by Gasteiger charge is 2.36. The van der Waals surface area contributed by atoms with Crippen LogP contribution in [0.4, 0.5) is 11.4 Å². The molecule has 1 aromatic rings. The van der Waals surface area contributed by atoms with Gasteiger partial charge in [-0.25, -0.2) is 0 Å². The summed E-state index contributed by atoms with van der Waals surface area (Å²) < 4.78 is 0. The lowest BCUT2D eigenvalue weighted by atomic mass is 9.96. The molecule has 21 heavy (non-hydrogen) atoms. The van der Waals surface area contributed by atoms with Gasteiger partial charge in [-0.05, 0) is 30.2 Å². The first-order valence-electron chi connectivity index (χ1n) is 7.32. The van der Waals surface area contributed by atoms with E-state index in [9.17, 15) is 9.59 Å². The molecule has 2 unspecified atom stereocenters. The molecule has 1 N–H and O–H groups in total. The third kappa shape index (κ3) is 3.17. The van der Waals surface area contributed by atoms with Crippen LogP contribution in [0.3, 0.4) is 0 Å². The van der Waals surface area contributed by atoms with Gasteiger partial charge in [-0.1, -0.05) is 20.3 Å². The van der Waals surface area contributed by atoms with Crippen LogP contribution in [0.1, 0.15) is 20.3 Å². The molecule has 0 aromatic heterocycles. The highest BCUT2D eigenvalue weighted by atomic mass is 16.2. The summed E-state index contributed by atoms with van der Waals surface area (Å²) in [7, 11) is 3.93. The molecule has 1 aromatic carbocycles. The smallest absolute Gasteiger partial charge is 0.250 e. The lowest BCUT2D eigenvalue weighted by Crippen LogP contribution is -2.60. The topological polar surface area (TPSA) is 52.7 Å². The van der Waals surface area contributed by atoms with Gasteiger partial charge in [0.2, 0.25) is 11.8 Å². The van der Waals surface area contributed by atoms with Gasteiger partial charge in [0.15, 0.2) is 0 Å². The van der Waals surface area contributed by atoms with Crippen molar-refractivity contribution in [3.05, 3.63) is 24.3 Å². The zero-order valence-corrected chi connectivity index (χ0v) is 13.1. The number of nitrogens with one attached hydrogen (secondary N) is 1. The first-order chi connectivity index (χ1) is 9.93. The van der Waals surface area contributed by atoms with Crippen LogP contribution in [-0.4, -0.2) is 38.5 Å². The number of anilines is 2. The molecule has 1 aliphatic rings. The third-order valence-corrected chi connectivity index (χ3v) is 4.04. The Morgan fingerprint density at radius 3 is 2.43 bits per heavy atom. The number of nitrogens with zero attached hydrogens (tertiary/aromatic N) is 2. The second-order valence-electron chi connectivity index (χ2n) is 5.77. The van der Waals surface area contributed by atoms with Crippen molar-refractivity contribution in [3.63, 3.8) is 0 Å². The number of carbonyl (C=O) groups is 2. The normalized spacial score (nSPS) is 20.2. The molecule has 2 rings (SSSR count). The average Bonchev–Trinajstić information content (AvgIpc) is 2.48. The van der Waals surface area contributed by atoms with Crippen LogP contribution >= 0.6 is 0 Å². The maximum absolute atomic E-state index is 12.6. The molecule has 0 radical (unpaired) electrons. The predicted octanol–water partition coefficient (Wildman–Crippen LogP) is 1.63. The average molecular weight is 289 g/mol. The third-order valence-electron chi connectivity index (χ3n) is 4.04. The number of piperazine rings is 1. The van der Waals surface area contributed by atoms with Crippen LogP contribution in [0.25, 0.3) is 0 Å². The molecule has 1 aliphatic heterocycles. The van der Waals surface area contributed by atoms with Crippen LogP contribution < -0.4 is 15.1 Å². The molecule has 5 heteroatoms. The molecule has 0 saturated carbocycles. The first-order valence-corrected chi connectivity index (χ1v) is 7.32. The van der Waals surface area contributed by atoms with E-state index in [2.05, 4.69) is 5.32 Å². The number of rotatable bonds is 4. The number of benzene rings is 1. The zero-order chi connectivity index (χ0) is 15.6. The van der Waals surface area contributed by atoms with E-state index >= 15 is 0 Å². The van der Waals surface area contributed by atoms with Gasteiger partial charge in [0.05, 0.1) is 0 Å². The Kier molecular flexibility index (Phi) is 4.50. The van der Waals surface area contributed by atoms with Crippen LogP contribution in [0.15, 0.2) is 24.3 Å². The zero-order valence-electron chi connectivity index (χ0n) is 13.1. The van der Waals surface area contributed by atoms with Gasteiger partial charge >= 0.3 is 0 Å². The second-order valence-corrected chi connectivity index (χ2v) is 5.77. The lowest BCUT2D eigenvalue weighted by Gasteiger charge is -2.35. The van der Waals surface area contributed by atoms with Crippen molar-refractivity contribution in [1.82, 2.24) is 5.32 Å². The Bertz CT molecular complexity index is 525. The molecule has 0 aliphatic carbocycles. The van der Waals surface area contributed by atoms with Crippen molar-refractivity contribution in [2.75, 3.05) is 30.4 Å². The molecule has 5 nitrogen and oxygen atoms in total. The van der Waals surface area contributed by atoms with Gasteiger partial charge < -0.3 is 15.1 Å². The summed E-state index contributed by atoms with van der Waals surface area (Å²) in [5.41, 5.74) is 1.83. The molecule has 2 atom stereocenters. The summed E-state index contributed by atoms with van der Waals surface area (Å²) in [6, 6.07) is 7.25. The van der Waals surface area contributed by atoms with E-state index < -0.39 is 6.04 Å². The molecule has 114 valence electrons. The van der Waals surface area contributed by atoms with Crippen molar-refractivity contribution in [2.24, 2.45) is 5.92 Å². The molecule has 1 fully saturated rings. The van der Waals surface area contributed by atoms with E-state index in [1.807, 2.05) is 57.1 Å². The van der Waals surface area contributed by atoms with E-state index in [-0.39, 0.29) is 24.3 Å². The summed E-state index contributed by atoms with van der Waals surface area (Å²) >= 11 is 0. The second kappa shape index (κ2) is 6.16. The van der Waals surface area contributed by atoms with E-state index in [0.29, 0.717) is 0 Å². The van der Waals surface area contributed by atoms with Gasteiger partial charge in [-0.3, -0.25) is 9.59 Å². The molecule has 1 saturated heterocycles. The lowest BCUT2D eigenvalue weighted by molar-refractivity contribution is -0.132. The van der Waals surface area contributed by atoms with Crippen molar-refractivity contribution in [1.29, 1.82) is 0 Å². The Hall–Kier alpha value is -2.04. The quantitative estimate of drug-likeness (QED) is 0.916. The minimum atomic E-state index is -0.426. The molecule has 0 bridgehead atoms. The standard InChI is InChI=1S/C16H23N3O2/c1-5-11(2)15-16(21)19(10-14(20)17-15)13-8-6-12(7-9-13)18(3)4/h6-9,11,15H,5,10H2,1-4H3,(H,17,20). The van der Waals surface area contributed by atoms with E-state index in [1.54, 1.807) is 4.90 Å². The van der Waals surface area contributed by atoms with Gasteiger partial charge in [-0.15, -0.1) is 0 Å². The first kappa shape index (κ1) is 15.4. The number of carbonyl (C=O) groups excluding carboxylic acids is 2. The van der Waals surface area contributed by atoms with Crippen molar-refractivity contribution in [3.8, 4) is 0 Å². The Morgan fingerprint density at radius 2 is 1.90 bits per heavy atom. The fraction of sp³-hybridized carbons (Fsp3) is 0.500. The number of amides is 2. The largest absolute Gasteiger partial charge is 0.378 e. The fourth-order valence-corrected chi connectivity index (χ4v) is 2.44. The predicted molar refractivity (Wildman–Crippen MR) is 84.5 cm³/mol. The summed E-state index contributed by atoms with van der Waals surface area (Å²) in [4.78, 5) is 28.1. The minimum Gasteiger partial charge on any atom is -0.378 e. The van der Waals surface area contributed by atoms with Crippen molar-refractivity contribution >= 4 is 23.2 Å². The molecular weight excluding hydrogens is 266 g/mol. The van der Waals surface area contributed by atoms with Crippen LogP contribution in [0.2, 0.25) is 0 Å². The Labute approximate surface area is 125 Å². The summed E-state index contributed by atoms with van der Waals surface area (Å²) in [6.07, 6.45) is 0.851. The summed E-state index contributed by atoms with van der Waals surface area (Å²) in [5.74, 6) is 0.00318. The SMILES string of the molecule is CCC(C)C1NC(=O)CN(c2ccc(N(C)C)cc2)C1=O. The maximum atomic E-state index is 12.6. The number of hydrogen-bond acceptors (Lipinski definition) is 3. The van der Waals surface area contributed by atoms with Gasteiger partial charge in [0.1, 0.15) is 12.6 Å². The van der Waals surface area contributed by atoms with Crippen LogP contribution in [0.5, 0.6) is 0 Å². The summed E-state index contributed by atoms with van der Waals surface area (Å²) in [5, 5.41) is 2.81. The van der Waals surface area contributed by atoms with Crippen molar-refractivity contribution < 1.29 is 9.59 Å². The van der Waals surface area contributed by atoms with Crippen molar-refractivity contribution in [2.45, 2.75) is 26.3 Å². The summed E-state index contributed by atoms with van der Waals surface area (Å²) in [6.45, 7) is 4.10. The Morgan fingerprint density at radius 1 is 1.29 bits per heavy atom. The molecule has 2 amide bonds. The monoisotopic (exact) mass is 289 g/mol. The van der Waals surface area contributed by atoms with E-state index in [0.717, 1.165) is 17.8 Å². The van der Waals surface area contributed by atoms with E-state index in [4.69, 9.17) is 0 Å². The van der Waals surface area contributed by atoms with Crippen LogP contribution in [-0.2, 0) is 9.59 Å². The molecule has 0 spiro atoms. The van der Waals surface area contributed by atoms with Crippen LogP contribution in [0, 0.1) is 5.92 Å². The van der Waals surface area contributed by atoms with Gasteiger partial charge in [0, 0.05) is 25.5 Å². The minimum absolute atomic E-state index is 0.0263. The molecule has 1 heterocycles. The highest BCUT2D eigenvalue weighted by molar-refractivity contribution is 6.06. The Balaban J connectivity index is 2.25. The fourth-order valence-electron chi connectivity index (χ4n) is 2.44. The maximum Gasteiger partial charge on any atom is 0.250 e. The van der Waals surface area contributed by atoms with Gasteiger partial charge in [-0.2, -0.15) is 0 Å².